The molecule has 6 heteroatoms. The van der Waals surface area contributed by atoms with E-state index in [2.05, 4.69) is 0 Å². The molecule has 0 atom stereocenters. The SMILES string of the molecule is CCO[CH]OCOC(Cl)(Cl)CCl. The molecule has 0 fully saturated rings. The zero-order valence-corrected chi connectivity index (χ0v) is 8.83. The average Bonchev–Trinajstić information content (AvgIpc) is 2.04. The number of rotatable bonds is 7. The van der Waals surface area contributed by atoms with Gasteiger partial charge in [0.25, 0.3) is 0 Å². The van der Waals surface area contributed by atoms with Gasteiger partial charge >= 0.3 is 0 Å². The highest BCUT2D eigenvalue weighted by Crippen LogP contribution is 2.23. The zero-order valence-electron chi connectivity index (χ0n) is 6.56. The maximum atomic E-state index is 5.51. The Labute approximate surface area is 86.8 Å². The summed E-state index contributed by atoms with van der Waals surface area (Å²) >= 11 is 16.4. The van der Waals surface area contributed by atoms with Crippen LogP contribution in [0.2, 0.25) is 0 Å². The predicted molar refractivity (Wildman–Crippen MR) is 48.1 cm³/mol. The number of halogens is 3. The van der Waals surface area contributed by atoms with Crippen molar-refractivity contribution in [2.75, 3.05) is 19.3 Å². The first-order valence-corrected chi connectivity index (χ1v) is 4.54. The van der Waals surface area contributed by atoms with Gasteiger partial charge in [0, 0.05) is 6.61 Å². The van der Waals surface area contributed by atoms with Crippen LogP contribution in [0.3, 0.4) is 0 Å². The highest BCUT2D eigenvalue weighted by Gasteiger charge is 2.22. The Morgan fingerprint density at radius 3 is 2.50 bits per heavy atom. The van der Waals surface area contributed by atoms with Crippen molar-refractivity contribution < 1.29 is 14.2 Å². The lowest BCUT2D eigenvalue weighted by atomic mass is 10.8. The number of hydrogen-bond donors (Lipinski definition) is 0. The lowest BCUT2D eigenvalue weighted by Crippen LogP contribution is -2.21. The molecule has 0 bridgehead atoms. The minimum Gasteiger partial charge on any atom is -0.348 e. The molecule has 0 aromatic carbocycles. The van der Waals surface area contributed by atoms with Crippen molar-refractivity contribution in [2.45, 2.75) is 11.4 Å². The molecule has 0 spiro atoms. The molecule has 1 radical (unpaired) electrons. The van der Waals surface area contributed by atoms with Gasteiger partial charge in [-0.1, -0.05) is 23.2 Å². The van der Waals surface area contributed by atoms with E-state index in [1.165, 1.54) is 0 Å². The van der Waals surface area contributed by atoms with Crippen molar-refractivity contribution >= 4 is 34.8 Å². The summed E-state index contributed by atoms with van der Waals surface area (Å²) < 4.78 is 12.8. The third-order valence-corrected chi connectivity index (χ3v) is 1.93. The van der Waals surface area contributed by atoms with Gasteiger partial charge in [0.1, 0.15) is 0 Å². The van der Waals surface area contributed by atoms with Crippen molar-refractivity contribution in [1.29, 1.82) is 0 Å². The monoisotopic (exact) mass is 235 g/mol. The molecule has 0 N–H and O–H groups in total. The minimum absolute atomic E-state index is 0.0336. The lowest BCUT2D eigenvalue weighted by molar-refractivity contribution is -0.0956. The first kappa shape index (κ1) is 12.8. The third-order valence-electron chi connectivity index (χ3n) is 0.796. The molecule has 0 aromatic heterocycles. The number of alkyl halides is 3. The Balaban J connectivity index is 3.19. The molecule has 0 aliphatic heterocycles. The van der Waals surface area contributed by atoms with Crippen molar-refractivity contribution in [3.05, 3.63) is 6.79 Å². The van der Waals surface area contributed by atoms with E-state index < -0.39 is 4.52 Å². The Bertz CT molecular complexity index is 110. The molecule has 73 valence electrons. The van der Waals surface area contributed by atoms with E-state index in [0.717, 1.165) is 6.79 Å². The van der Waals surface area contributed by atoms with E-state index in [4.69, 9.17) is 49.0 Å². The van der Waals surface area contributed by atoms with E-state index in [1.807, 2.05) is 6.92 Å². The maximum Gasteiger partial charge on any atom is 0.233 e. The molecule has 0 aliphatic rings. The molecule has 0 aromatic rings. The Hall–Kier alpha value is 0.750. The van der Waals surface area contributed by atoms with Gasteiger partial charge in [-0.25, -0.2) is 0 Å². The highest BCUT2D eigenvalue weighted by atomic mass is 35.5. The van der Waals surface area contributed by atoms with Crippen LogP contribution in [0.25, 0.3) is 0 Å². The fourth-order valence-electron chi connectivity index (χ4n) is 0.303. The molecule has 0 unspecified atom stereocenters. The van der Waals surface area contributed by atoms with Gasteiger partial charge in [-0.2, -0.15) is 0 Å². The van der Waals surface area contributed by atoms with Gasteiger partial charge in [0.2, 0.25) is 11.3 Å². The minimum atomic E-state index is -1.40. The van der Waals surface area contributed by atoms with Crippen molar-refractivity contribution in [1.82, 2.24) is 0 Å². The van der Waals surface area contributed by atoms with Crippen molar-refractivity contribution in [2.24, 2.45) is 0 Å². The van der Waals surface area contributed by atoms with Crippen LogP contribution in [-0.2, 0) is 14.2 Å². The predicted octanol–water partition coefficient (Wildman–Crippen LogP) is 2.50. The quantitative estimate of drug-likeness (QED) is 0.386. The molecular formula is C6H10Cl3O3. The standard InChI is InChI=1S/C6H10Cl3O3/c1-2-10-4-11-5-12-6(8,9)3-7/h4H,2-3,5H2,1H3. The summed E-state index contributed by atoms with van der Waals surface area (Å²) in [6.45, 7) is 3.41. The Kier molecular flexibility index (Phi) is 7.63. The van der Waals surface area contributed by atoms with E-state index in [-0.39, 0.29) is 12.7 Å². The smallest absolute Gasteiger partial charge is 0.233 e. The largest absolute Gasteiger partial charge is 0.348 e. The summed E-state index contributed by atoms with van der Waals surface area (Å²) in [5, 5.41) is 0. The van der Waals surface area contributed by atoms with E-state index in [9.17, 15) is 0 Å². The fraction of sp³-hybridized carbons (Fsp3) is 0.833. The van der Waals surface area contributed by atoms with Gasteiger partial charge in [-0.3, -0.25) is 0 Å². The summed E-state index contributed by atoms with van der Waals surface area (Å²) in [5.74, 6) is -0.0336. The lowest BCUT2D eigenvalue weighted by Gasteiger charge is -2.16. The fourth-order valence-corrected chi connectivity index (χ4v) is 0.469. The Morgan fingerprint density at radius 2 is 2.00 bits per heavy atom. The summed E-state index contributed by atoms with van der Waals surface area (Å²) in [7, 11) is 0. The first-order chi connectivity index (χ1) is 5.62. The molecule has 0 aliphatic carbocycles. The van der Waals surface area contributed by atoms with Crippen molar-refractivity contribution in [3.8, 4) is 0 Å². The van der Waals surface area contributed by atoms with Crippen LogP contribution in [0.4, 0.5) is 0 Å². The van der Waals surface area contributed by atoms with Crippen LogP contribution < -0.4 is 0 Å². The number of ether oxygens (including phenoxy) is 3. The number of hydrogen-bond acceptors (Lipinski definition) is 3. The van der Waals surface area contributed by atoms with Gasteiger partial charge < -0.3 is 14.2 Å². The van der Waals surface area contributed by atoms with Crippen LogP contribution in [-0.4, -0.2) is 23.8 Å². The van der Waals surface area contributed by atoms with Crippen LogP contribution in [0.15, 0.2) is 0 Å². The summed E-state index contributed by atoms with van der Waals surface area (Å²) in [4.78, 5) is 0. The van der Waals surface area contributed by atoms with Crippen molar-refractivity contribution in [3.63, 3.8) is 0 Å². The molecule has 0 saturated carbocycles. The summed E-state index contributed by atoms with van der Waals surface area (Å²) in [5.41, 5.74) is 0. The van der Waals surface area contributed by atoms with E-state index >= 15 is 0 Å². The summed E-state index contributed by atoms with van der Waals surface area (Å²) in [6.07, 6.45) is 0. The first-order valence-electron chi connectivity index (χ1n) is 3.25. The van der Waals surface area contributed by atoms with E-state index in [1.54, 1.807) is 0 Å². The van der Waals surface area contributed by atoms with Gasteiger partial charge in [-0.15, -0.1) is 11.6 Å². The van der Waals surface area contributed by atoms with Crippen LogP contribution in [0.1, 0.15) is 6.92 Å². The normalized spacial score (nSPS) is 12.0. The van der Waals surface area contributed by atoms with Crippen LogP contribution in [0.5, 0.6) is 0 Å². The molecule has 0 heterocycles. The Morgan fingerprint density at radius 1 is 1.33 bits per heavy atom. The molecular weight excluding hydrogens is 226 g/mol. The highest BCUT2D eigenvalue weighted by molar-refractivity contribution is 6.50. The summed E-state index contributed by atoms with van der Waals surface area (Å²) in [6, 6.07) is 0. The van der Waals surface area contributed by atoms with Gasteiger partial charge in [0.15, 0.2) is 6.79 Å². The second kappa shape index (κ2) is 7.18. The average molecular weight is 237 g/mol. The maximum absolute atomic E-state index is 5.51. The molecule has 3 nitrogen and oxygen atoms in total. The zero-order chi connectivity index (χ0) is 9.45. The molecule has 0 amide bonds. The van der Waals surface area contributed by atoms with Crippen LogP contribution >= 0.6 is 34.8 Å². The molecule has 12 heavy (non-hydrogen) atoms. The van der Waals surface area contributed by atoms with Gasteiger partial charge in [0.05, 0.1) is 5.88 Å². The second-order valence-corrected chi connectivity index (χ2v) is 3.43. The topological polar surface area (TPSA) is 27.7 Å². The molecule has 0 rings (SSSR count). The third kappa shape index (κ3) is 7.40. The van der Waals surface area contributed by atoms with E-state index in [0.29, 0.717) is 6.61 Å². The second-order valence-electron chi connectivity index (χ2n) is 1.75. The molecule has 0 saturated heterocycles. The van der Waals surface area contributed by atoms with Gasteiger partial charge in [-0.05, 0) is 6.92 Å². The van der Waals surface area contributed by atoms with Crippen LogP contribution in [0, 0.1) is 6.79 Å².